The molecule has 3 rings (SSSR count). The molecule has 150 valence electrons. The molecule has 2 aromatic heterocycles. The first-order valence-electron chi connectivity index (χ1n) is 9.12. The summed E-state index contributed by atoms with van der Waals surface area (Å²) in [5.41, 5.74) is 0. The Kier molecular flexibility index (Phi) is 9.60. The number of guanidine groups is 1. The second kappa shape index (κ2) is 11.7. The number of morpholine rings is 1. The van der Waals surface area contributed by atoms with Crippen LogP contribution in [0.4, 0.5) is 0 Å². The van der Waals surface area contributed by atoms with E-state index in [9.17, 15) is 0 Å². The lowest BCUT2D eigenvalue weighted by Gasteiger charge is -2.37. The van der Waals surface area contributed by atoms with Gasteiger partial charge < -0.3 is 19.8 Å². The summed E-state index contributed by atoms with van der Waals surface area (Å²) in [6.07, 6.45) is 2.82. The summed E-state index contributed by atoms with van der Waals surface area (Å²) in [4.78, 5) is 8.22. The van der Waals surface area contributed by atoms with Crippen LogP contribution in [0.2, 0.25) is 0 Å². The minimum absolute atomic E-state index is 0. The molecule has 2 unspecified atom stereocenters. The quantitative estimate of drug-likeness (QED) is 0.345. The van der Waals surface area contributed by atoms with Crippen LogP contribution < -0.4 is 10.6 Å². The predicted molar refractivity (Wildman–Crippen MR) is 121 cm³/mol. The number of rotatable bonds is 7. The maximum absolute atomic E-state index is 5.71. The summed E-state index contributed by atoms with van der Waals surface area (Å²) in [6.45, 7) is 6.44. The minimum atomic E-state index is 0. The number of nitrogens with one attached hydrogen (secondary N) is 2. The highest BCUT2D eigenvalue weighted by Crippen LogP contribution is 2.26. The first kappa shape index (κ1) is 22.2. The number of nitrogens with zero attached hydrogens (tertiary/aromatic N) is 2. The third-order valence-electron chi connectivity index (χ3n) is 4.52. The van der Waals surface area contributed by atoms with Gasteiger partial charge in [-0.3, -0.25) is 9.89 Å². The van der Waals surface area contributed by atoms with Gasteiger partial charge in [-0.25, -0.2) is 0 Å². The van der Waals surface area contributed by atoms with Gasteiger partial charge in [0.25, 0.3) is 0 Å². The van der Waals surface area contributed by atoms with E-state index < -0.39 is 0 Å². The van der Waals surface area contributed by atoms with Crippen molar-refractivity contribution in [2.24, 2.45) is 4.99 Å². The van der Waals surface area contributed by atoms with E-state index in [4.69, 9.17) is 9.15 Å². The van der Waals surface area contributed by atoms with Crippen LogP contribution in [0.25, 0.3) is 0 Å². The van der Waals surface area contributed by atoms with E-state index in [-0.39, 0.29) is 30.1 Å². The van der Waals surface area contributed by atoms with Crippen molar-refractivity contribution in [2.45, 2.75) is 25.5 Å². The van der Waals surface area contributed by atoms with Gasteiger partial charge in [0.1, 0.15) is 5.76 Å². The van der Waals surface area contributed by atoms with Gasteiger partial charge in [-0.2, -0.15) is 0 Å². The molecule has 0 spiro atoms. The summed E-state index contributed by atoms with van der Waals surface area (Å²) < 4.78 is 11.1. The number of halogens is 1. The Morgan fingerprint density at radius 2 is 2.26 bits per heavy atom. The fraction of sp³-hybridized carbons (Fsp3) is 0.526. The largest absolute Gasteiger partial charge is 0.469 e. The molecule has 2 aromatic rings. The fourth-order valence-corrected chi connectivity index (χ4v) is 4.05. The van der Waals surface area contributed by atoms with Crippen LogP contribution in [0, 0.1) is 0 Å². The normalized spacial score (nSPS) is 19.3. The first-order chi connectivity index (χ1) is 12.8. The van der Waals surface area contributed by atoms with Crippen molar-refractivity contribution in [1.29, 1.82) is 0 Å². The SMILES string of the molecule is CN=C(NCCc1ccco1)NCC(c1cccs1)N1CCOC(C)C1.I. The van der Waals surface area contributed by atoms with Crippen molar-refractivity contribution < 1.29 is 9.15 Å². The summed E-state index contributed by atoms with van der Waals surface area (Å²) in [7, 11) is 1.80. The van der Waals surface area contributed by atoms with Gasteiger partial charge in [0.05, 0.1) is 25.0 Å². The van der Waals surface area contributed by atoms with Crippen LogP contribution in [-0.2, 0) is 11.2 Å². The molecule has 6 nitrogen and oxygen atoms in total. The molecule has 3 heterocycles. The molecule has 0 saturated carbocycles. The van der Waals surface area contributed by atoms with E-state index in [0.29, 0.717) is 6.04 Å². The van der Waals surface area contributed by atoms with Crippen LogP contribution in [0.15, 0.2) is 45.3 Å². The summed E-state index contributed by atoms with van der Waals surface area (Å²) >= 11 is 1.81. The molecule has 0 aromatic carbocycles. The summed E-state index contributed by atoms with van der Waals surface area (Å²) in [5.74, 6) is 1.80. The van der Waals surface area contributed by atoms with Crippen LogP contribution in [-0.4, -0.2) is 56.8 Å². The van der Waals surface area contributed by atoms with Gasteiger partial charge in [-0.15, -0.1) is 35.3 Å². The lowest BCUT2D eigenvalue weighted by molar-refractivity contribution is -0.0334. The molecule has 27 heavy (non-hydrogen) atoms. The van der Waals surface area contributed by atoms with E-state index in [1.807, 2.05) is 12.1 Å². The van der Waals surface area contributed by atoms with E-state index in [2.05, 4.69) is 45.0 Å². The predicted octanol–water partition coefficient (Wildman–Crippen LogP) is 3.13. The monoisotopic (exact) mass is 504 g/mol. The molecular weight excluding hydrogens is 475 g/mol. The van der Waals surface area contributed by atoms with Crippen molar-refractivity contribution in [3.63, 3.8) is 0 Å². The summed E-state index contributed by atoms with van der Waals surface area (Å²) in [6, 6.07) is 8.56. The molecule has 2 N–H and O–H groups in total. The maximum atomic E-state index is 5.71. The Labute approximate surface area is 182 Å². The third kappa shape index (κ3) is 6.78. The Bertz CT molecular complexity index is 663. The van der Waals surface area contributed by atoms with Gasteiger partial charge >= 0.3 is 0 Å². The number of aliphatic imine (C=N–C) groups is 1. The minimum Gasteiger partial charge on any atom is -0.469 e. The van der Waals surface area contributed by atoms with E-state index in [0.717, 1.165) is 50.9 Å². The van der Waals surface area contributed by atoms with Crippen molar-refractivity contribution in [2.75, 3.05) is 39.8 Å². The zero-order valence-corrected chi connectivity index (χ0v) is 19.0. The number of ether oxygens (including phenoxy) is 1. The maximum Gasteiger partial charge on any atom is 0.191 e. The summed E-state index contributed by atoms with van der Waals surface area (Å²) in [5, 5.41) is 8.98. The molecule has 8 heteroatoms. The topological polar surface area (TPSA) is 62.0 Å². The highest BCUT2D eigenvalue weighted by atomic mass is 127. The highest BCUT2D eigenvalue weighted by Gasteiger charge is 2.26. The second-order valence-corrected chi connectivity index (χ2v) is 7.40. The van der Waals surface area contributed by atoms with E-state index in [1.165, 1.54) is 4.88 Å². The molecular formula is C19H29IN4O2S. The van der Waals surface area contributed by atoms with Gasteiger partial charge in [-0.1, -0.05) is 6.07 Å². The Morgan fingerprint density at radius 3 is 2.93 bits per heavy atom. The standard InChI is InChI=1S/C19H28N4O2S.HI/c1-15-14-23(9-11-24-15)17(18-6-4-12-26-18)13-22-19(20-2)21-8-7-16-5-3-10-25-16;/h3-6,10,12,15,17H,7-9,11,13-14H2,1-2H3,(H2,20,21,22);1H. The fourth-order valence-electron chi connectivity index (χ4n) is 3.19. The third-order valence-corrected chi connectivity index (χ3v) is 5.49. The number of hydrogen-bond acceptors (Lipinski definition) is 5. The van der Waals surface area contributed by atoms with Crippen molar-refractivity contribution >= 4 is 41.3 Å². The van der Waals surface area contributed by atoms with Gasteiger partial charge in [0, 0.05) is 44.5 Å². The van der Waals surface area contributed by atoms with Crippen LogP contribution in [0.3, 0.4) is 0 Å². The van der Waals surface area contributed by atoms with E-state index in [1.54, 1.807) is 24.6 Å². The van der Waals surface area contributed by atoms with Crippen molar-refractivity contribution in [3.05, 3.63) is 46.5 Å². The molecule has 1 fully saturated rings. The molecule has 1 saturated heterocycles. The van der Waals surface area contributed by atoms with Crippen LogP contribution in [0.1, 0.15) is 23.6 Å². The molecule has 0 bridgehead atoms. The Balaban J connectivity index is 0.00000261. The van der Waals surface area contributed by atoms with Crippen LogP contribution in [0.5, 0.6) is 0 Å². The molecule has 0 radical (unpaired) electrons. The smallest absolute Gasteiger partial charge is 0.191 e. The first-order valence-corrected chi connectivity index (χ1v) is 10.00. The average molecular weight is 504 g/mol. The molecule has 1 aliphatic rings. The lowest BCUT2D eigenvalue weighted by atomic mass is 10.1. The zero-order valence-electron chi connectivity index (χ0n) is 15.9. The van der Waals surface area contributed by atoms with Gasteiger partial charge in [0.15, 0.2) is 5.96 Å². The number of hydrogen-bond donors (Lipinski definition) is 2. The lowest BCUT2D eigenvalue weighted by Crippen LogP contribution is -2.48. The number of furan rings is 1. The van der Waals surface area contributed by atoms with Gasteiger partial charge in [0.2, 0.25) is 0 Å². The molecule has 0 aliphatic carbocycles. The van der Waals surface area contributed by atoms with Crippen molar-refractivity contribution in [1.82, 2.24) is 15.5 Å². The zero-order chi connectivity index (χ0) is 18.2. The number of thiophene rings is 1. The average Bonchev–Trinajstić information content (AvgIpc) is 3.34. The molecule has 0 amide bonds. The Hall–Kier alpha value is -1.10. The Morgan fingerprint density at radius 1 is 1.37 bits per heavy atom. The highest BCUT2D eigenvalue weighted by molar-refractivity contribution is 14.0. The van der Waals surface area contributed by atoms with E-state index >= 15 is 0 Å². The van der Waals surface area contributed by atoms with Crippen LogP contribution >= 0.6 is 35.3 Å². The second-order valence-electron chi connectivity index (χ2n) is 6.42. The molecule has 2 atom stereocenters. The van der Waals surface area contributed by atoms with Crippen molar-refractivity contribution in [3.8, 4) is 0 Å². The molecule has 1 aliphatic heterocycles. The van der Waals surface area contributed by atoms with Gasteiger partial charge in [-0.05, 0) is 30.5 Å².